The second kappa shape index (κ2) is 10.3. The Balaban J connectivity index is 1.94. The van der Waals surface area contributed by atoms with Gasteiger partial charge in [0, 0.05) is 6.20 Å². The lowest BCUT2D eigenvalue weighted by atomic mass is 10.1. The molecule has 2 aromatic heterocycles. The lowest BCUT2D eigenvalue weighted by molar-refractivity contribution is -0.116. The van der Waals surface area contributed by atoms with Crippen LogP contribution in [0.2, 0.25) is 0 Å². The van der Waals surface area contributed by atoms with E-state index in [-0.39, 0.29) is 21.8 Å². The molecule has 0 aliphatic heterocycles. The smallest absolute Gasteiger partial charge is 0.273 e. The number of hydrogen-bond donors (Lipinski definition) is 1. The van der Waals surface area contributed by atoms with Gasteiger partial charge < -0.3 is 5.32 Å². The summed E-state index contributed by atoms with van der Waals surface area (Å²) in [6.45, 7) is 5.74. The Labute approximate surface area is 207 Å². The molecule has 1 atom stereocenters. The van der Waals surface area contributed by atoms with E-state index in [1.165, 1.54) is 4.57 Å². The monoisotopic (exact) mass is 480 g/mol. The van der Waals surface area contributed by atoms with Gasteiger partial charge >= 0.3 is 0 Å². The van der Waals surface area contributed by atoms with E-state index in [9.17, 15) is 14.9 Å². The lowest BCUT2D eigenvalue weighted by Gasteiger charge is -2.14. The van der Waals surface area contributed by atoms with Gasteiger partial charge in [0.25, 0.3) is 11.5 Å². The van der Waals surface area contributed by atoms with E-state index in [2.05, 4.69) is 10.3 Å². The highest BCUT2D eigenvalue weighted by molar-refractivity contribution is 7.07. The molecule has 1 N–H and O–H groups in total. The average Bonchev–Trinajstić information content (AvgIpc) is 3.15. The largest absolute Gasteiger partial charge is 0.345 e. The fraction of sp³-hybridized carbons (Fsp3) is 0.143. The van der Waals surface area contributed by atoms with Gasteiger partial charge in [-0.2, -0.15) is 5.26 Å². The summed E-state index contributed by atoms with van der Waals surface area (Å²) >= 11 is 1.11. The molecule has 1 unspecified atom stereocenters. The highest BCUT2D eigenvalue weighted by Crippen LogP contribution is 2.13. The molecule has 0 spiro atoms. The third kappa shape index (κ3) is 5.29. The van der Waals surface area contributed by atoms with Crippen molar-refractivity contribution in [2.24, 2.45) is 0 Å². The number of carbonyl (C=O) groups is 1. The summed E-state index contributed by atoms with van der Waals surface area (Å²) in [6, 6.07) is 22.4. The molecule has 4 aromatic rings. The quantitative estimate of drug-likeness (QED) is 0.475. The van der Waals surface area contributed by atoms with Crippen LogP contribution in [0.3, 0.4) is 0 Å². The summed E-state index contributed by atoms with van der Waals surface area (Å²) in [5.74, 6) is -0.535. The molecule has 0 saturated heterocycles. The number of nitriles is 1. The molecule has 35 heavy (non-hydrogen) atoms. The molecule has 0 radical (unpaired) electrons. The van der Waals surface area contributed by atoms with Gasteiger partial charge in [-0.05, 0) is 67.8 Å². The van der Waals surface area contributed by atoms with Crippen LogP contribution in [0.4, 0.5) is 0 Å². The topological polar surface area (TPSA) is 87.8 Å². The molecule has 2 aromatic carbocycles. The number of amides is 1. The summed E-state index contributed by atoms with van der Waals surface area (Å²) in [5, 5.41) is 12.9. The lowest BCUT2D eigenvalue weighted by Crippen LogP contribution is -2.34. The highest BCUT2D eigenvalue weighted by Gasteiger charge is 2.19. The molecular formula is C28H24N4O2S. The molecule has 7 heteroatoms. The number of aromatic nitrogens is 2. The van der Waals surface area contributed by atoms with Gasteiger partial charge in [0.15, 0.2) is 5.57 Å². The van der Waals surface area contributed by atoms with Crippen molar-refractivity contribution < 1.29 is 4.79 Å². The molecule has 0 fully saturated rings. The first-order valence-electron chi connectivity index (χ1n) is 11.1. The normalized spacial score (nSPS) is 13.1. The Morgan fingerprint density at radius 3 is 2.40 bits per heavy atom. The van der Waals surface area contributed by atoms with Crippen LogP contribution in [0.15, 0.2) is 77.7 Å². The van der Waals surface area contributed by atoms with Gasteiger partial charge in [0.2, 0.25) is 0 Å². The van der Waals surface area contributed by atoms with Crippen molar-refractivity contribution in [2.75, 3.05) is 0 Å². The van der Waals surface area contributed by atoms with Gasteiger partial charge in [0.05, 0.1) is 22.0 Å². The van der Waals surface area contributed by atoms with Crippen LogP contribution >= 0.6 is 11.3 Å². The number of pyridine rings is 1. The molecule has 0 aliphatic carbocycles. The van der Waals surface area contributed by atoms with E-state index in [1.54, 1.807) is 24.4 Å². The summed E-state index contributed by atoms with van der Waals surface area (Å²) in [5.41, 5.74) is 3.66. The zero-order valence-electron chi connectivity index (χ0n) is 19.6. The molecule has 0 saturated carbocycles. The number of benzene rings is 2. The predicted octanol–water partition coefficient (Wildman–Crippen LogP) is 3.29. The number of thiazole rings is 1. The Morgan fingerprint density at radius 1 is 1.09 bits per heavy atom. The molecule has 174 valence electrons. The predicted molar refractivity (Wildman–Crippen MR) is 138 cm³/mol. The Hall–Kier alpha value is -4.28. The Kier molecular flexibility index (Phi) is 7.04. The zero-order valence-corrected chi connectivity index (χ0v) is 20.5. The summed E-state index contributed by atoms with van der Waals surface area (Å²) in [7, 11) is 0. The van der Waals surface area contributed by atoms with E-state index in [0.29, 0.717) is 15.9 Å². The molecule has 4 rings (SSSR count). The Morgan fingerprint density at radius 2 is 1.77 bits per heavy atom. The minimum absolute atomic E-state index is 0.116. The number of carbonyl (C=O) groups excluding carboxylic acids is 1. The standard InChI is InChI=1S/C28H24N4O2S/c1-18-13-19(2)15-23(14-18)32-27(34)25(16-22-11-7-8-12-30-22)35-28(32)24(17-29)26(33)31-20(3)21-9-5-4-6-10-21/h4-16,20H,1-3H3,(H,31,33). The second-order valence-corrected chi connectivity index (χ2v) is 9.28. The maximum Gasteiger partial charge on any atom is 0.273 e. The first-order chi connectivity index (χ1) is 16.9. The average molecular weight is 481 g/mol. The zero-order chi connectivity index (χ0) is 24.9. The number of nitrogens with one attached hydrogen (secondary N) is 1. The van der Waals surface area contributed by atoms with Crippen LogP contribution in [0, 0.1) is 25.2 Å². The summed E-state index contributed by atoms with van der Waals surface area (Å²) in [6.07, 6.45) is 3.32. The maximum absolute atomic E-state index is 13.6. The SMILES string of the molecule is Cc1cc(C)cc(-n2c(=C(C#N)C(=O)NC(C)c3ccccc3)sc(=Cc3ccccn3)c2=O)c1. The number of hydrogen-bond acceptors (Lipinski definition) is 5. The van der Waals surface area contributed by atoms with E-state index >= 15 is 0 Å². The van der Waals surface area contributed by atoms with Crippen molar-refractivity contribution in [3.05, 3.63) is 115 Å². The van der Waals surface area contributed by atoms with E-state index < -0.39 is 5.91 Å². The van der Waals surface area contributed by atoms with Crippen molar-refractivity contribution in [2.45, 2.75) is 26.8 Å². The molecule has 2 heterocycles. The van der Waals surface area contributed by atoms with Crippen molar-refractivity contribution in [1.29, 1.82) is 5.26 Å². The van der Waals surface area contributed by atoms with E-state index in [4.69, 9.17) is 0 Å². The first-order valence-corrected chi connectivity index (χ1v) is 11.9. The first kappa shape index (κ1) is 23.9. The highest BCUT2D eigenvalue weighted by atomic mass is 32.1. The molecule has 6 nitrogen and oxygen atoms in total. The Bertz CT molecular complexity index is 1580. The minimum atomic E-state index is -0.535. The fourth-order valence-electron chi connectivity index (χ4n) is 3.85. The van der Waals surface area contributed by atoms with Crippen LogP contribution < -0.4 is 20.1 Å². The minimum Gasteiger partial charge on any atom is -0.345 e. The van der Waals surface area contributed by atoms with Crippen LogP contribution in [0.1, 0.15) is 35.3 Å². The molecule has 0 bridgehead atoms. The third-order valence-electron chi connectivity index (χ3n) is 5.45. The van der Waals surface area contributed by atoms with Crippen LogP contribution in [-0.4, -0.2) is 15.5 Å². The number of aryl methyl sites for hydroxylation is 2. The van der Waals surface area contributed by atoms with Crippen molar-refractivity contribution in [3.63, 3.8) is 0 Å². The maximum atomic E-state index is 13.6. The van der Waals surface area contributed by atoms with Crippen molar-refractivity contribution in [1.82, 2.24) is 14.9 Å². The van der Waals surface area contributed by atoms with Gasteiger partial charge in [0.1, 0.15) is 10.7 Å². The summed E-state index contributed by atoms with van der Waals surface area (Å²) in [4.78, 5) is 31.1. The van der Waals surface area contributed by atoms with E-state index in [1.807, 2.05) is 81.4 Å². The van der Waals surface area contributed by atoms with Crippen LogP contribution in [-0.2, 0) is 4.79 Å². The van der Waals surface area contributed by atoms with Crippen molar-refractivity contribution in [3.8, 4) is 11.8 Å². The van der Waals surface area contributed by atoms with E-state index in [0.717, 1.165) is 28.0 Å². The van der Waals surface area contributed by atoms with Gasteiger partial charge in [-0.1, -0.05) is 42.5 Å². The van der Waals surface area contributed by atoms with Crippen LogP contribution in [0.5, 0.6) is 0 Å². The number of nitrogens with zero attached hydrogens (tertiary/aromatic N) is 3. The third-order valence-corrected chi connectivity index (χ3v) is 6.55. The van der Waals surface area contributed by atoms with Gasteiger partial charge in [-0.15, -0.1) is 11.3 Å². The molecule has 0 aliphatic rings. The number of rotatable bonds is 5. The molecule has 1 amide bonds. The van der Waals surface area contributed by atoms with Crippen LogP contribution in [0.25, 0.3) is 17.3 Å². The summed E-state index contributed by atoms with van der Waals surface area (Å²) < 4.78 is 2.11. The fourth-order valence-corrected chi connectivity index (χ4v) is 4.94. The molecular weight excluding hydrogens is 456 g/mol. The van der Waals surface area contributed by atoms with Gasteiger partial charge in [-0.3, -0.25) is 19.1 Å². The second-order valence-electron chi connectivity index (χ2n) is 8.25. The van der Waals surface area contributed by atoms with Gasteiger partial charge in [-0.25, -0.2) is 0 Å². The van der Waals surface area contributed by atoms with Crippen molar-refractivity contribution >= 4 is 28.9 Å².